The summed E-state index contributed by atoms with van der Waals surface area (Å²) in [7, 11) is 1.33. The number of carbonyl (C=O) groups is 2. The topological polar surface area (TPSA) is 121 Å². The summed E-state index contributed by atoms with van der Waals surface area (Å²) >= 11 is 0. The van der Waals surface area contributed by atoms with Gasteiger partial charge in [-0.2, -0.15) is 0 Å². The fourth-order valence-electron chi connectivity index (χ4n) is 7.21. The Bertz CT molecular complexity index is 1800. The normalized spacial score (nSPS) is 19.8. The van der Waals surface area contributed by atoms with Crippen LogP contribution in [0.1, 0.15) is 79.9 Å². The molecule has 2 aliphatic heterocycles. The molecule has 3 aromatic carbocycles. The van der Waals surface area contributed by atoms with Gasteiger partial charge in [0, 0.05) is 18.7 Å². The molecule has 0 saturated heterocycles. The second kappa shape index (κ2) is 17.0. The number of allylic oxidation sites excluding steroid dienone is 5. The lowest BCUT2D eigenvalue weighted by atomic mass is 9.90. The molecule has 3 atom stereocenters. The van der Waals surface area contributed by atoms with Gasteiger partial charge in [0.15, 0.2) is 17.6 Å². The molecule has 4 N–H and O–H groups in total. The van der Waals surface area contributed by atoms with Gasteiger partial charge in [-0.25, -0.2) is 4.79 Å². The van der Waals surface area contributed by atoms with Crippen LogP contribution in [-0.4, -0.2) is 44.3 Å². The standard InChI is InChI=1S/C43H51N3O6/c1-5-9-36(27(2)28(3)44)31-14-12-29(13-15-31)20-38(43(48)49-4)46-42(47)37-21-33-22-39-40(23-34(33)24-45-37)52-41(26-51-39)32-16-18-35(19-17-32)50-25-30-10-7-6-8-11-30/h5,9,12-19,22-23,30,37-38,41,45H,1,6-8,10-11,20-21,24-26,44H2,2-4H3,(H,46,47)/b28-27-,36-9+/t37-,38-,41+/m0/s1. The molecule has 1 fully saturated rings. The van der Waals surface area contributed by atoms with Gasteiger partial charge >= 0.3 is 5.97 Å². The Kier molecular flexibility index (Phi) is 12.0. The van der Waals surface area contributed by atoms with Gasteiger partial charge in [0.2, 0.25) is 5.91 Å². The Hall–Kier alpha value is -5.02. The van der Waals surface area contributed by atoms with Gasteiger partial charge in [-0.3, -0.25) is 4.79 Å². The Morgan fingerprint density at radius 2 is 1.75 bits per heavy atom. The van der Waals surface area contributed by atoms with Crippen LogP contribution in [0.5, 0.6) is 17.2 Å². The van der Waals surface area contributed by atoms with E-state index in [0.29, 0.717) is 37.0 Å². The van der Waals surface area contributed by atoms with E-state index in [1.54, 1.807) is 6.08 Å². The zero-order valence-corrected chi connectivity index (χ0v) is 30.5. The maximum absolute atomic E-state index is 13.5. The minimum absolute atomic E-state index is 0.235. The molecule has 0 spiro atoms. The molecular weight excluding hydrogens is 654 g/mol. The molecule has 9 nitrogen and oxygen atoms in total. The molecule has 0 bridgehead atoms. The van der Waals surface area contributed by atoms with Crippen LogP contribution in [-0.2, 0) is 33.7 Å². The zero-order chi connectivity index (χ0) is 36.6. The van der Waals surface area contributed by atoms with E-state index in [-0.39, 0.29) is 18.4 Å². The van der Waals surface area contributed by atoms with Crippen molar-refractivity contribution < 1.29 is 28.5 Å². The molecule has 3 aliphatic rings. The van der Waals surface area contributed by atoms with E-state index in [2.05, 4.69) is 29.3 Å². The molecule has 1 aliphatic carbocycles. The number of benzene rings is 3. The van der Waals surface area contributed by atoms with Crippen molar-refractivity contribution in [2.24, 2.45) is 11.7 Å². The molecular formula is C43H51N3O6. The molecule has 6 rings (SSSR count). The van der Waals surface area contributed by atoms with Crippen molar-refractivity contribution >= 4 is 17.4 Å². The van der Waals surface area contributed by atoms with E-state index >= 15 is 0 Å². The third-order valence-electron chi connectivity index (χ3n) is 10.5. The van der Waals surface area contributed by atoms with Crippen molar-refractivity contribution in [1.29, 1.82) is 0 Å². The van der Waals surface area contributed by atoms with Gasteiger partial charge in [-0.05, 0) is 102 Å². The van der Waals surface area contributed by atoms with Crippen molar-refractivity contribution in [2.45, 2.75) is 83.5 Å². The van der Waals surface area contributed by atoms with Gasteiger partial charge in [-0.15, -0.1) is 0 Å². The third-order valence-corrected chi connectivity index (χ3v) is 10.5. The first-order chi connectivity index (χ1) is 25.2. The highest BCUT2D eigenvalue weighted by Gasteiger charge is 2.31. The highest BCUT2D eigenvalue weighted by molar-refractivity contribution is 5.88. The molecule has 9 heteroatoms. The maximum Gasteiger partial charge on any atom is 0.328 e. The SMILES string of the molecule is C=C/C=C(\C(C)=C(\C)N)c1ccc(C[C@H](NC(=O)[C@@H]2Cc3cc4c(cc3CN2)O[C@@H](c2ccc(OCC3CCCCC3)cc2)CO4)C(=O)OC)cc1. The maximum atomic E-state index is 13.5. The van der Waals surface area contributed by atoms with Crippen molar-refractivity contribution in [1.82, 2.24) is 10.6 Å². The van der Waals surface area contributed by atoms with Gasteiger partial charge in [0.1, 0.15) is 18.4 Å². The summed E-state index contributed by atoms with van der Waals surface area (Å²) in [4.78, 5) is 26.4. The van der Waals surface area contributed by atoms with Gasteiger partial charge in [0.05, 0.1) is 19.8 Å². The fraction of sp³-hybridized carbons (Fsp3) is 0.395. The average Bonchev–Trinajstić information content (AvgIpc) is 3.18. The lowest BCUT2D eigenvalue weighted by Crippen LogP contribution is -2.53. The quantitative estimate of drug-likeness (QED) is 0.138. The molecule has 2 heterocycles. The van der Waals surface area contributed by atoms with Gasteiger partial charge in [0.25, 0.3) is 0 Å². The van der Waals surface area contributed by atoms with Gasteiger partial charge < -0.3 is 35.3 Å². The summed E-state index contributed by atoms with van der Waals surface area (Å²) in [6, 6.07) is 18.6. The Balaban J connectivity index is 1.06. The third kappa shape index (κ3) is 8.88. The van der Waals surface area contributed by atoms with Crippen molar-refractivity contribution in [2.75, 3.05) is 20.3 Å². The highest BCUT2D eigenvalue weighted by Crippen LogP contribution is 2.40. The van der Waals surface area contributed by atoms with E-state index in [4.69, 9.17) is 24.7 Å². The first-order valence-corrected chi connectivity index (χ1v) is 18.4. The van der Waals surface area contributed by atoms with E-state index in [9.17, 15) is 9.59 Å². The largest absolute Gasteiger partial charge is 0.493 e. The van der Waals surface area contributed by atoms with E-state index in [1.807, 2.05) is 68.5 Å². The summed E-state index contributed by atoms with van der Waals surface area (Å²) in [5, 5.41) is 6.27. The van der Waals surface area contributed by atoms with Crippen LogP contribution >= 0.6 is 0 Å². The van der Waals surface area contributed by atoms with Crippen LogP contribution in [0.15, 0.2) is 90.7 Å². The summed E-state index contributed by atoms with van der Waals surface area (Å²) in [6.07, 6.45) is 10.6. The summed E-state index contributed by atoms with van der Waals surface area (Å²) in [6.45, 7) is 9.30. The number of rotatable bonds is 12. The van der Waals surface area contributed by atoms with Crippen molar-refractivity contribution in [3.63, 3.8) is 0 Å². The summed E-state index contributed by atoms with van der Waals surface area (Å²) < 4.78 is 23.8. The number of hydrogen-bond donors (Lipinski definition) is 3. The second-order valence-corrected chi connectivity index (χ2v) is 14.1. The van der Waals surface area contributed by atoms with E-state index in [1.165, 1.54) is 39.2 Å². The number of esters is 1. The Labute approximate surface area is 307 Å². The molecule has 52 heavy (non-hydrogen) atoms. The van der Waals surface area contributed by atoms with Crippen LogP contribution in [0.2, 0.25) is 0 Å². The predicted molar refractivity (Wildman–Crippen MR) is 203 cm³/mol. The van der Waals surface area contributed by atoms with Crippen LogP contribution in [0.3, 0.4) is 0 Å². The number of nitrogens with one attached hydrogen (secondary N) is 2. The number of amides is 1. The van der Waals surface area contributed by atoms with Crippen LogP contribution in [0, 0.1) is 5.92 Å². The molecule has 0 aromatic heterocycles. The minimum Gasteiger partial charge on any atom is -0.493 e. The highest BCUT2D eigenvalue weighted by atomic mass is 16.6. The number of fused-ring (bicyclic) bond motifs is 2. The lowest BCUT2D eigenvalue weighted by Gasteiger charge is -2.31. The Morgan fingerprint density at radius 1 is 1.02 bits per heavy atom. The zero-order valence-electron chi connectivity index (χ0n) is 30.5. The smallest absolute Gasteiger partial charge is 0.328 e. The Morgan fingerprint density at radius 3 is 2.44 bits per heavy atom. The first kappa shape index (κ1) is 36.8. The fourth-order valence-corrected chi connectivity index (χ4v) is 7.21. The second-order valence-electron chi connectivity index (χ2n) is 14.1. The average molecular weight is 706 g/mol. The predicted octanol–water partition coefficient (Wildman–Crippen LogP) is 6.90. The van der Waals surface area contributed by atoms with E-state index in [0.717, 1.165) is 57.0 Å². The molecule has 1 saturated carbocycles. The first-order valence-electron chi connectivity index (χ1n) is 18.4. The van der Waals surface area contributed by atoms with Gasteiger partial charge in [-0.1, -0.05) is 74.4 Å². The van der Waals surface area contributed by atoms with E-state index < -0.39 is 18.1 Å². The number of carbonyl (C=O) groups excluding carboxylic acids is 2. The number of ether oxygens (including phenoxy) is 4. The van der Waals surface area contributed by atoms with Crippen molar-refractivity contribution in [3.05, 3.63) is 118 Å². The molecule has 0 unspecified atom stereocenters. The monoisotopic (exact) mass is 705 g/mol. The minimum atomic E-state index is -0.850. The van der Waals surface area contributed by atoms with Crippen LogP contribution in [0.4, 0.5) is 0 Å². The molecule has 1 amide bonds. The number of nitrogens with two attached hydrogens (primary N) is 1. The summed E-state index contributed by atoms with van der Waals surface area (Å²) in [5.74, 6) is 2.12. The van der Waals surface area contributed by atoms with Crippen molar-refractivity contribution in [3.8, 4) is 17.2 Å². The van der Waals surface area contributed by atoms with Crippen LogP contribution < -0.4 is 30.6 Å². The van der Waals surface area contributed by atoms with Crippen LogP contribution in [0.25, 0.3) is 5.57 Å². The summed E-state index contributed by atoms with van der Waals surface area (Å²) in [5.41, 5.74) is 13.7. The molecule has 0 radical (unpaired) electrons. The number of methoxy groups -OCH3 is 1. The molecule has 3 aromatic rings. The lowest BCUT2D eigenvalue weighted by molar-refractivity contribution is -0.145. The molecule has 274 valence electrons. The number of hydrogen-bond acceptors (Lipinski definition) is 8.